The van der Waals surface area contributed by atoms with Crippen LogP contribution in [-0.2, 0) is 4.79 Å². The van der Waals surface area contributed by atoms with Gasteiger partial charge in [-0.2, -0.15) is 5.10 Å². The molecular formula is C26H20BrFN4O6S. The van der Waals surface area contributed by atoms with Crippen molar-refractivity contribution in [3.05, 3.63) is 91.5 Å². The minimum absolute atomic E-state index is 0.0538. The van der Waals surface area contributed by atoms with Crippen molar-refractivity contribution in [2.24, 2.45) is 5.10 Å². The molecule has 1 heterocycles. The fraction of sp³-hybridized carbons (Fsp3) is 0.115. The van der Waals surface area contributed by atoms with Crippen molar-refractivity contribution in [2.45, 2.75) is 6.92 Å². The summed E-state index contributed by atoms with van der Waals surface area (Å²) in [6.45, 7) is 1.80. The van der Waals surface area contributed by atoms with Crippen LogP contribution < -0.4 is 20.2 Å². The normalized spacial score (nSPS) is 10.9. The molecule has 0 saturated carbocycles. The Morgan fingerprint density at radius 2 is 1.90 bits per heavy atom. The van der Waals surface area contributed by atoms with Gasteiger partial charge < -0.3 is 14.8 Å². The van der Waals surface area contributed by atoms with Crippen LogP contribution in [0.3, 0.4) is 0 Å². The number of thiophene rings is 1. The van der Waals surface area contributed by atoms with E-state index < -0.39 is 22.6 Å². The number of nitro groups is 1. The number of nitrogens with one attached hydrogen (secondary N) is 2. The van der Waals surface area contributed by atoms with E-state index in [0.717, 1.165) is 4.70 Å². The van der Waals surface area contributed by atoms with Gasteiger partial charge in [0.15, 0.2) is 18.1 Å². The molecule has 13 heteroatoms. The van der Waals surface area contributed by atoms with Crippen LogP contribution in [0, 0.1) is 15.9 Å². The number of nitro benzene ring substituents is 1. The number of hydrogen-bond donors (Lipinski definition) is 2. The third-order valence-electron chi connectivity index (χ3n) is 5.12. The van der Waals surface area contributed by atoms with Crippen LogP contribution in [0.5, 0.6) is 11.5 Å². The highest BCUT2D eigenvalue weighted by molar-refractivity contribution is 9.10. The summed E-state index contributed by atoms with van der Waals surface area (Å²) in [5.74, 6) is -0.676. The summed E-state index contributed by atoms with van der Waals surface area (Å²) >= 11 is 4.60. The van der Waals surface area contributed by atoms with E-state index in [-0.39, 0.29) is 12.3 Å². The smallest absolute Gasteiger partial charge is 0.281 e. The van der Waals surface area contributed by atoms with Crippen molar-refractivity contribution in [2.75, 3.05) is 18.5 Å². The fourth-order valence-electron chi connectivity index (χ4n) is 3.41. The Kier molecular flexibility index (Phi) is 8.84. The first-order valence-electron chi connectivity index (χ1n) is 11.4. The standard InChI is InChI=1S/C26H20BrFN4O6S/c1-2-37-21-10-15(9-20(27)25(21)38-14-24(33)30-18-5-3-17(28)4-6-18)13-29-31-26(34)23-12-16-11-19(32(35)36)7-8-22(16)39-23/h3-13H,2,14H2,1H3,(H,30,33)(H,31,34)/b29-13-. The molecule has 2 N–H and O–H groups in total. The Balaban J connectivity index is 1.41. The maximum atomic E-state index is 13.1. The third kappa shape index (κ3) is 7.15. The van der Waals surface area contributed by atoms with Gasteiger partial charge in [-0.3, -0.25) is 19.7 Å². The second-order valence-electron chi connectivity index (χ2n) is 7.90. The molecule has 3 aromatic carbocycles. The molecule has 39 heavy (non-hydrogen) atoms. The van der Waals surface area contributed by atoms with E-state index in [2.05, 4.69) is 31.8 Å². The molecule has 0 saturated heterocycles. The van der Waals surface area contributed by atoms with Crippen molar-refractivity contribution >= 4 is 66.8 Å². The predicted octanol–water partition coefficient (Wildman–Crippen LogP) is 5.89. The van der Waals surface area contributed by atoms with E-state index in [0.29, 0.717) is 44.1 Å². The lowest BCUT2D eigenvalue weighted by Gasteiger charge is -2.14. The number of benzene rings is 3. The molecule has 200 valence electrons. The molecule has 0 unspecified atom stereocenters. The van der Waals surface area contributed by atoms with Gasteiger partial charge in [-0.1, -0.05) is 0 Å². The molecule has 0 aliphatic rings. The number of carbonyl (C=O) groups excluding carboxylic acids is 2. The molecule has 0 bridgehead atoms. The Morgan fingerprint density at radius 3 is 2.62 bits per heavy atom. The molecule has 4 rings (SSSR count). The van der Waals surface area contributed by atoms with Gasteiger partial charge in [0, 0.05) is 27.9 Å². The van der Waals surface area contributed by atoms with Crippen LogP contribution in [-0.4, -0.2) is 36.2 Å². The number of carbonyl (C=O) groups is 2. The van der Waals surface area contributed by atoms with Crippen LogP contribution in [0.2, 0.25) is 0 Å². The van der Waals surface area contributed by atoms with Crippen molar-refractivity contribution in [3.63, 3.8) is 0 Å². The summed E-state index contributed by atoms with van der Waals surface area (Å²) < 4.78 is 25.6. The first-order valence-corrected chi connectivity index (χ1v) is 13.0. The van der Waals surface area contributed by atoms with E-state index in [4.69, 9.17) is 9.47 Å². The number of hydrazone groups is 1. The molecule has 4 aromatic rings. The van der Waals surface area contributed by atoms with Gasteiger partial charge in [-0.15, -0.1) is 11.3 Å². The van der Waals surface area contributed by atoms with Gasteiger partial charge in [0.1, 0.15) is 5.82 Å². The topological polar surface area (TPSA) is 132 Å². The number of non-ortho nitro benzene ring substituents is 1. The summed E-state index contributed by atoms with van der Waals surface area (Å²) in [6, 6.07) is 14.6. The number of anilines is 1. The molecule has 0 radical (unpaired) electrons. The first-order chi connectivity index (χ1) is 18.7. The molecule has 0 spiro atoms. The molecule has 2 amide bonds. The monoisotopic (exact) mass is 614 g/mol. The molecule has 10 nitrogen and oxygen atoms in total. The van der Waals surface area contributed by atoms with Gasteiger partial charge in [-0.25, -0.2) is 9.82 Å². The van der Waals surface area contributed by atoms with Crippen molar-refractivity contribution < 1.29 is 28.4 Å². The van der Waals surface area contributed by atoms with Gasteiger partial charge in [0.2, 0.25) is 0 Å². The highest BCUT2D eigenvalue weighted by atomic mass is 79.9. The Morgan fingerprint density at radius 1 is 1.13 bits per heavy atom. The summed E-state index contributed by atoms with van der Waals surface area (Å²) in [5.41, 5.74) is 3.39. The van der Waals surface area contributed by atoms with Gasteiger partial charge in [0.25, 0.3) is 17.5 Å². The lowest BCUT2D eigenvalue weighted by atomic mass is 10.2. The molecule has 0 atom stereocenters. The Bertz CT molecular complexity index is 1570. The van der Waals surface area contributed by atoms with Crippen LogP contribution in [0.25, 0.3) is 10.1 Å². The predicted molar refractivity (Wildman–Crippen MR) is 149 cm³/mol. The van der Waals surface area contributed by atoms with E-state index in [1.807, 2.05) is 0 Å². The van der Waals surface area contributed by atoms with Crippen molar-refractivity contribution in [1.82, 2.24) is 5.43 Å². The average Bonchev–Trinajstić information content (AvgIpc) is 3.33. The minimum Gasteiger partial charge on any atom is -0.490 e. The Hall–Kier alpha value is -4.36. The number of amides is 2. The van der Waals surface area contributed by atoms with Crippen LogP contribution in [0.4, 0.5) is 15.8 Å². The largest absolute Gasteiger partial charge is 0.490 e. The van der Waals surface area contributed by atoms with Crippen LogP contribution >= 0.6 is 27.3 Å². The summed E-state index contributed by atoms with van der Waals surface area (Å²) in [5, 5.41) is 18.2. The molecule has 0 aliphatic heterocycles. The number of halogens is 2. The SMILES string of the molecule is CCOc1cc(/C=N\NC(=O)c2cc3cc([N+](=O)[O-])ccc3s2)cc(Br)c1OCC(=O)Nc1ccc(F)cc1. The van der Waals surface area contributed by atoms with Crippen molar-refractivity contribution in [3.8, 4) is 11.5 Å². The quantitative estimate of drug-likeness (QED) is 0.130. The molecular weight excluding hydrogens is 595 g/mol. The minimum atomic E-state index is -0.491. The van der Waals surface area contributed by atoms with Crippen molar-refractivity contribution in [1.29, 1.82) is 0 Å². The number of hydrogen-bond acceptors (Lipinski definition) is 8. The maximum absolute atomic E-state index is 13.1. The van der Waals surface area contributed by atoms with Crippen LogP contribution in [0.1, 0.15) is 22.2 Å². The van der Waals surface area contributed by atoms with E-state index in [1.54, 1.807) is 31.2 Å². The number of fused-ring (bicyclic) bond motifs is 1. The summed E-state index contributed by atoms with van der Waals surface area (Å²) in [6.07, 6.45) is 1.41. The lowest BCUT2D eigenvalue weighted by molar-refractivity contribution is -0.384. The summed E-state index contributed by atoms with van der Waals surface area (Å²) in [7, 11) is 0. The third-order valence-corrected chi connectivity index (χ3v) is 6.83. The second-order valence-corrected chi connectivity index (χ2v) is 9.83. The highest BCUT2D eigenvalue weighted by Gasteiger charge is 2.15. The average molecular weight is 615 g/mol. The maximum Gasteiger partial charge on any atom is 0.281 e. The molecule has 1 aromatic heterocycles. The Labute approximate surface area is 233 Å². The van der Waals surface area contributed by atoms with E-state index in [1.165, 1.54) is 53.9 Å². The fourth-order valence-corrected chi connectivity index (χ4v) is 4.92. The van der Waals surface area contributed by atoms with Gasteiger partial charge in [-0.05, 0) is 76.9 Å². The lowest BCUT2D eigenvalue weighted by Crippen LogP contribution is -2.20. The molecule has 0 aliphatic carbocycles. The zero-order valence-corrected chi connectivity index (χ0v) is 22.7. The zero-order valence-electron chi connectivity index (χ0n) is 20.3. The zero-order chi connectivity index (χ0) is 27.9. The first kappa shape index (κ1) is 27.7. The van der Waals surface area contributed by atoms with Crippen LogP contribution in [0.15, 0.2) is 70.2 Å². The number of rotatable bonds is 10. The highest BCUT2D eigenvalue weighted by Crippen LogP contribution is 2.36. The van der Waals surface area contributed by atoms with Gasteiger partial charge in [0.05, 0.1) is 27.1 Å². The van der Waals surface area contributed by atoms with E-state index in [9.17, 15) is 24.1 Å². The number of nitrogens with zero attached hydrogens (tertiary/aromatic N) is 2. The van der Waals surface area contributed by atoms with Gasteiger partial charge >= 0.3 is 0 Å². The molecule has 0 fully saturated rings. The number of ether oxygens (including phenoxy) is 2. The summed E-state index contributed by atoms with van der Waals surface area (Å²) in [4.78, 5) is 35.7. The van der Waals surface area contributed by atoms with E-state index >= 15 is 0 Å². The second kappa shape index (κ2) is 12.5.